The Kier molecular flexibility index (Phi) is 4.47. The fourth-order valence-electron chi connectivity index (χ4n) is 1.73. The number of carbonyl (C=O) groups is 2. The van der Waals surface area contributed by atoms with Crippen molar-refractivity contribution in [1.29, 1.82) is 0 Å². The minimum atomic E-state index is -3.60. The van der Waals surface area contributed by atoms with Crippen LogP contribution in [0.3, 0.4) is 0 Å². The number of ketones is 1. The van der Waals surface area contributed by atoms with Crippen LogP contribution in [0, 0.1) is 6.92 Å². The molecule has 6 heteroatoms. The SMILES string of the molecule is CCC(=O)c1cc(C)c(C(=O)OC)cc1S(C)(=O)=O. The fourth-order valence-corrected chi connectivity index (χ4v) is 2.64. The minimum Gasteiger partial charge on any atom is -0.465 e. The summed E-state index contributed by atoms with van der Waals surface area (Å²) in [6.45, 7) is 3.28. The van der Waals surface area contributed by atoms with Gasteiger partial charge in [0.25, 0.3) is 0 Å². The zero-order chi connectivity index (χ0) is 14.8. The van der Waals surface area contributed by atoms with Gasteiger partial charge in [-0.25, -0.2) is 13.2 Å². The molecule has 0 radical (unpaired) electrons. The van der Waals surface area contributed by atoms with Gasteiger partial charge in [-0.3, -0.25) is 4.79 Å². The number of sulfone groups is 1. The van der Waals surface area contributed by atoms with Crippen LogP contribution in [0.15, 0.2) is 17.0 Å². The van der Waals surface area contributed by atoms with E-state index < -0.39 is 15.8 Å². The maximum Gasteiger partial charge on any atom is 0.338 e. The van der Waals surface area contributed by atoms with Crippen LogP contribution < -0.4 is 0 Å². The van der Waals surface area contributed by atoms with Crippen LogP contribution in [-0.4, -0.2) is 33.5 Å². The molecule has 1 rings (SSSR count). The topological polar surface area (TPSA) is 77.5 Å². The number of benzene rings is 1. The van der Waals surface area contributed by atoms with E-state index in [0.29, 0.717) is 5.56 Å². The van der Waals surface area contributed by atoms with E-state index in [2.05, 4.69) is 4.74 Å². The lowest BCUT2D eigenvalue weighted by Crippen LogP contribution is -2.12. The molecule has 0 fully saturated rings. The quantitative estimate of drug-likeness (QED) is 0.622. The Hall–Kier alpha value is -1.69. The van der Waals surface area contributed by atoms with Crippen LogP contribution in [0.1, 0.15) is 39.6 Å². The highest BCUT2D eigenvalue weighted by molar-refractivity contribution is 7.90. The smallest absolute Gasteiger partial charge is 0.338 e. The second-order valence-electron chi connectivity index (χ2n) is 4.20. The van der Waals surface area contributed by atoms with Gasteiger partial charge < -0.3 is 4.74 Å². The number of aryl methyl sites for hydroxylation is 1. The molecule has 0 spiro atoms. The maximum absolute atomic E-state index is 11.8. The second kappa shape index (κ2) is 5.52. The molecule has 0 N–H and O–H groups in total. The van der Waals surface area contributed by atoms with Gasteiger partial charge in [0.05, 0.1) is 17.6 Å². The lowest BCUT2D eigenvalue weighted by Gasteiger charge is -2.11. The molecular weight excluding hydrogens is 268 g/mol. The summed E-state index contributed by atoms with van der Waals surface area (Å²) in [5, 5.41) is 0. The normalized spacial score (nSPS) is 11.2. The van der Waals surface area contributed by atoms with Crippen molar-refractivity contribution in [1.82, 2.24) is 0 Å². The fraction of sp³-hybridized carbons (Fsp3) is 0.385. The average molecular weight is 284 g/mol. The van der Waals surface area contributed by atoms with Gasteiger partial charge in [0, 0.05) is 18.2 Å². The molecule has 104 valence electrons. The predicted molar refractivity (Wildman–Crippen MR) is 70.2 cm³/mol. The van der Waals surface area contributed by atoms with Crippen LogP contribution in [0.4, 0.5) is 0 Å². The van der Waals surface area contributed by atoms with Crippen LogP contribution in [0.5, 0.6) is 0 Å². The third kappa shape index (κ3) is 3.20. The number of methoxy groups -OCH3 is 1. The molecule has 0 atom stereocenters. The molecule has 0 unspecified atom stereocenters. The summed E-state index contributed by atoms with van der Waals surface area (Å²) in [5.74, 6) is -0.905. The number of hydrogen-bond donors (Lipinski definition) is 0. The predicted octanol–water partition coefficient (Wildman–Crippen LogP) is 1.78. The Labute approximate surface area is 112 Å². The van der Waals surface area contributed by atoms with Gasteiger partial charge in [0.1, 0.15) is 0 Å². The molecule has 0 aliphatic carbocycles. The molecule has 0 heterocycles. The van der Waals surface area contributed by atoms with Crippen molar-refractivity contribution in [3.05, 3.63) is 28.8 Å². The molecule has 0 saturated carbocycles. The molecule has 0 bridgehead atoms. The van der Waals surface area contributed by atoms with E-state index in [1.807, 2.05) is 0 Å². The largest absolute Gasteiger partial charge is 0.465 e. The molecule has 0 aliphatic rings. The van der Waals surface area contributed by atoms with Gasteiger partial charge in [0.2, 0.25) is 0 Å². The number of esters is 1. The summed E-state index contributed by atoms with van der Waals surface area (Å²) < 4.78 is 28.1. The van der Waals surface area contributed by atoms with Gasteiger partial charge in [-0.15, -0.1) is 0 Å². The standard InChI is InChI=1S/C13H16O5S/c1-5-11(14)10-6-8(2)9(13(15)18-3)7-12(10)19(4,16)17/h6-7H,5H2,1-4H3. The summed E-state index contributed by atoms with van der Waals surface area (Å²) >= 11 is 0. The van der Waals surface area contributed by atoms with Gasteiger partial charge >= 0.3 is 5.97 Å². The van der Waals surface area contributed by atoms with E-state index in [0.717, 1.165) is 6.26 Å². The summed E-state index contributed by atoms with van der Waals surface area (Å²) in [6, 6.07) is 2.63. The second-order valence-corrected chi connectivity index (χ2v) is 6.19. The number of rotatable bonds is 4. The zero-order valence-electron chi connectivity index (χ0n) is 11.3. The maximum atomic E-state index is 11.8. The Morgan fingerprint density at radius 1 is 1.21 bits per heavy atom. The van der Waals surface area contributed by atoms with Crippen molar-refractivity contribution in [3.63, 3.8) is 0 Å². The van der Waals surface area contributed by atoms with Gasteiger partial charge in [-0.2, -0.15) is 0 Å². The molecule has 0 aromatic heterocycles. The van der Waals surface area contributed by atoms with Crippen LogP contribution in [0.2, 0.25) is 0 Å². The Bertz CT molecular complexity index is 629. The first-order chi connectivity index (χ1) is 8.72. The number of carbonyl (C=O) groups excluding carboxylic acids is 2. The third-order valence-corrected chi connectivity index (χ3v) is 3.89. The van der Waals surface area contributed by atoms with Crippen molar-refractivity contribution >= 4 is 21.6 Å². The third-order valence-electron chi connectivity index (χ3n) is 2.75. The van der Waals surface area contributed by atoms with Crippen molar-refractivity contribution in [2.24, 2.45) is 0 Å². The lowest BCUT2D eigenvalue weighted by molar-refractivity contribution is 0.0599. The van der Waals surface area contributed by atoms with E-state index in [4.69, 9.17) is 0 Å². The highest BCUT2D eigenvalue weighted by Gasteiger charge is 2.22. The first-order valence-electron chi connectivity index (χ1n) is 5.68. The van der Waals surface area contributed by atoms with Gasteiger partial charge in [0.15, 0.2) is 15.6 Å². The number of ether oxygens (including phenoxy) is 1. The Morgan fingerprint density at radius 3 is 2.21 bits per heavy atom. The summed E-state index contributed by atoms with van der Waals surface area (Å²) in [5.41, 5.74) is 0.779. The first kappa shape index (κ1) is 15.4. The van der Waals surface area contributed by atoms with E-state index in [1.165, 1.54) is 19.2 Å². The van der Waals surface area contributed by atoms with Crippen LogP contribution in [-0.2, 0) is 14.6 Å². The van der Waals surface area contributed by atoms with Crippen molar-refractivity contribution in [3.8, 4) is 0 Å². The van der Waals surface area contributed by atoms with Crippen molar-refractivity contribution < 1.29 is 22.7 Å². The monoisotopic (exact) mass is 284 g/mol. The van der Waals surface area contributed by atoms with Crippen molar-refractivity contribution in [2.45, 2.75) is 25.2 Å². The summed E-state index contributed by atoms with van der Waals surface area (Å²) in [6.07, 6.45) is 1.20. The summed E-state index contributed by atoms with van der Waals surface area (Å²) in [4.78, 5) is 23.2. The lowest BCUT2D eigenvalue weighted by atomic mass is 10.0. The highest BCUT2D eigenvalue weighted by Crippen LogP contribution is 2.23. The van der Waals surface area contributed by atoms with Gasteiger partial charge in [-0.1, -0.05) is 6.92 Å². The van der Waals surface area contributed by atoms with E-state index >= 15 is 0 Å². The van der Waals surface area contributed by atoms with Crippen molar-refractivity contribution in [2.75, 3.05) is 13.4 Å². The van der Waals surface area contributed by atoms with E-state index in [9.17, 15) is 18.0 Å². The Balaban J connectivity index is 3.65. The van der Waals surface area contributed by atoms with Crippen LogP contribution >= 0.6 is 0 Å². The molecule has 0 aliphatic heterocycles. The first-order valence-corrected chi connectivity index (χ1v) is 7.57. The molecule has 19 heavy (non-hydrogen) atoms. The van der Waals surface area contributed by atoms with Gasteiger partial charge in [-0.05, 0) is 24.6 Å². The molecule has 0 amide bonds. The van der Waals surface area contributed by atoms with E-state index in [1.54, 1.807) is 13.8 Å². The molecule has 0 saturated heterocycles. The zero-order valence-corrected chi connectivity index (χ0v) is 12.1. The van der Waals surface area contributed by atoms with Crippen LogP contribution in [0.25, 0.3) is 0 Å². The molecule has 5 nitrogen and oxygen atoms in total. The number of hydrogen-bond acceptors (Lipinski definition) is 5. The molecule has 1 aromatic rings. The summed E-state index contributed by atoms with van der Waals surface area (Å²) in [7, 11) is -2.38. The molecular formula is C13H16O5S. The minimum absolute atomic E-state index is 0.121. The highest BCUT2D eigenvalue weighted by atomic mass is 32.2. The molecule has 1 aromatic carbocycles. The van der Waals surface area contributed by atoms with E-state index in [-0.39, 0.29) is 28.2 Å². The average Bonchev–Trinajstić information content (AvgIpc) is 2.35. The Morgan fingerprint density at radius 2 is 1.79 bits per heavy atom. The number of Topliss-reactive ketones (excluding diaryl/α,β-unsaturated/α-hetero) is 1.